The average Bonchev–Trinajstić information content (AvgIpc) is 2.72. The fraction of sp³-hybridized carbons (Fsp3) is 0.947. The van der Waals surface area contributed by atoms with Gasteiger partial charge in [0.05, 0.1) is 12.0 Å². The van der Waals surface area contributed by atoms with E-state index in [0.717, 1.165) is 19.3 Å². The van der Waals surface area contributed by atoms with Crippen LogP contribution in [-0.4, -0.2) is 41.5 Å². The van der Waals surface area contributed by atoms with E-state index in [-0.39, 0.29) is 18.0 Å². The molecule has 3 nitrogen and oxygen atoms in total. The molecule has 0 aromatic carbocycles. The van der Waals surface area contributed by atoms with Gasteiger partial charge < -0.3 is 4.74 Å². The van der Waals surface area contributed by atoms with Gasteiger partial charge in [-0.05, 0) is 77.2 Å². The number of esters is 1. The zero-order valence-electron chi connectivity index (χ0n) is 15.0. The molecule has 2 saturated heterocycles. The maximum absolute atomic E-state index is 12.9. The van der Waals surface area contributed by atoms with Gasteiger partial charge in [-0.1, -0.05) is 6.92 Å². The number of fused-ring (bicyclic) bond motifs is 2. The number of piperidine rings is 1. The summed E-state index contributed by atoms with van der Waals surface area (Å²) >= 11 is 6.43. The van der Waals surface area contributed by atoms with Gasteiger partial charge in [0.15, 0.2) is 0 Å². The lowest BCUT2D eigenvalue weighted by molar-refractivity contribution is -0.161. The van der Waals surface area contributed by atoms with Crippen molar-refractivity contribution in [3.63, 3.8) is 0 Å². The van der Waals surface area contributed by atoms with Crippen LogP contribution in [0.5, 0.6) is 0 Å². The van der Waals surface area contributed by atoms with Crippen LogP contribution in [0.25, 0.3) is 0 Å². The molecule has 2 heterocycles. The van der Waals surface area contributed by atoms with Gasteiger partial charge in [-0.3, -0.25) is 9.69 Å². The topological polar surface area (TPSA) is 29.5 Å². The maximum Gasteiger partial charge on any atom is 0.311 e. The molecule has 3 fully saturated rings. The standard InChI is InChI=1S/C19H32ClNO2/c1-11(2)23-19(22)18-15(10-14-6-8-17(18)21(14)4)13-5-7-16(20)12(3)9-13/h11-18H,5-10H2,1-4H3/t12?,13?,14-,15-,16?,17?,18+/m1/s1. The predicted octanol–water partition coefficient (Wildman–Crippen LogP) is 4.08. The number of hydrogen-bond acceptors (Lipinski definition) is 3. The Labute approximate surface area is 146 Å². The SMILES string of the molecule is CC(C)OC(=O)[C@@H]1C2CC[C@H](C[C@@H]1C1CCC(Cl)C(C)C1)N2C. The second-order valence-electron chi connectivity index (χ2n) is 8.44. The predicted molar refractivity (Wildman–Crippen MR) is 93.5 cm³/mol. The Kier molecular flexibility index (Phi) is 5.27. The number of halogens is 1. The second-order valence-corrected chi connectivity index (χ2v) is 9.00. The molecule has 1 aliphatic carbocycles. The molecule has 3 rings (SSSR count). The van der Waals surface area contributed by atoms with Gasteiger partial charge in [-0.25, -0.2) is 0 Å². The lowest BCUT2D eigenvalue weighted by Gasteiger charge is -2.47. The molecule has 23 heavy (non-hydrogen) atoms. The molecule has 132 valence electrons. The van der Waals surface area contributed by atoms with Crippen molar-refractivity contribution in [1.29, 1.82) is 0 Å². The fourth-order valence-corrected chi connectivity index (χ4v) is 5.65. The van der Waals surface area contributed by atoms with Crippen LogP contribution in [0, 0.1) is 23.7 Å². The van der Waals surface area contributed by atoms with Crippen molar-refractivity contribution >= 4 is 17.6 Å². The molecule has 0 aromatic heterocycles. The zero-order valence-corrected chi connectivity index (χ0v) is 15.8. The summed E-state index contributed by atoms with van der Waals surface area (Å²) in [4.78, 5) is 15.3. The van der Waals surface area contributed by atoms with Crippen LogP contribution in [-0.2, 0) is 9.53 Å². The van der Waals surface area contributed by atoms with E-state index in [9.17, 15) is 4.79 Å². The Hall–Kier alpha value is -0.280. The molecule has 0 N–H and O–H groups in total. The van der Waals surface area contributed by atoms with E-state index < -0.39 is 0 Å². The minimum absolute atomic E-state index is 0.0231. The van der Waals surface area contributed by atoms with Crippen LogP contribution < -0.4 is 0 Å². The van der Waals surface area contributed by atoms with Crippen molar-refractivity contribution in [3.05, 3.63) is 0 Å². The highest BCUT2D eigenvalue weighted by atomic mass is 35.5. The van der Waals surface area contributed by atoms with Crippen molar-refractivity contribution in [2.75, 3.05) is 7.05 Å². The number of carbonyl (C=O) groups is 1. The van der Waals surface area contributed by atoms with E-state index in [4.69, 9.17) is 16.3 Å². The number of nitrogens with zero attached hydrogens (tertiary/aromatic N) is 1. The minimum Gasteiger partial charge on any atom is -0.463 e. The summed E-state index contributed by atoms with van der Waals surface area (Å²) in [5, 5.41) is 0.315. The quantitative estimate of drug-likeness (QED) is 0.572. The molecule has 2 bridgehead atoms. The first kappa shape index (κ1) is 17.5. The van der Waals surface area contributed by atoms with Gasteiger partial charge in [0.2, 0.25) is 0 Å². The highest BCUT2D eigenvalue weighted by Gasteiger charge is 2.52. The highest BCUT2D eigenvalue weighted by Crippen LogP contribution is 2.49. The Balaban J connectivity index is 1.80. The number of carbonyl (C=O) groups excluding carboxylic acids is 1. The minimum atomic E-state index is -0.0231. The summed E-state index contributed by atoms with van der Waals surface area (Å²) in [7, 11) is 2.20. The molecule has 4 heteroatoms. The van der Waals surface area contributed by atoms with E-state index in [1.54, 1.807) is 0 Å². The summed E-state index contributed by atoms with van der Waals surface area (Å²) < 4.78 is 5.67. The van der Waals surface area contributed by atoms with E-state index in [0.29, 0.717) is 35.2 Å². The van der Waals surface area contributed by atoms with Crippen LogP contribution >= 0.6 is 11.6 Å². The monoisotopic (exact) mass is 341 g/mol. The summed E-state index contributed by atoms with van der Waals surface area (Å²) in [5.74, 6) is 1.80. The van der Waals surface area contributed by atoms with Crippen molar-refractivity contribution in [2.45, 2.75) is 82.9 Å². The first-order valence-corrected chi connectivity index (χ1v) is 9.88. The van der Waals surface area contributed by atoms with Gasteiger partial charge >= 0.3 is 5.97 Å². The Morgan fingerprint density at radius 1 is 1.17 bits per heavy atom. The summed E-state index contributed by atoms with van der Waals surface area (Å²) in [6.07, 6.45) is 6.98. The van der Waals surface area contributed by atoms with Crippen molar-refractivity contribution in [1.82, 2.24) is 4.90 Å². The van der Waals surface area contributed by atoms with Crippen LogP contribution in [0.2, 0.25) is 0 Å². The van der Waals surface area contributed by atoms with E-state index >= 15 is 0 Å². The molecule has 2 aliphatic heterocycles. The smallest absolute Gasteiger partial charge is 0.311 e. The summed E-state index contributed by atoms with van der Waals surface area (Å²) in [5.41, 5.74) is 0. The third-order valence-electron chi connectivity index (χ3n) is 6.65. The summed E-state index contributed by atoms with van der Waals surface area (Å²) in [6.45, 7) is 6.18. The molecule has 7 atom stereocenters. The van der Waals surface area contributed by atoms with Gasteiger partial charge in [-0.15, -0.1) is 11.6 Å². The largest absolute Gasteiger partial charge is 0.463 e. The molecule has 4 unspecified atom stereocenters. The van der Waals surface area contributed by atoms with Gasteiger partial charge in [0, 0.05) is 17.5 Å². The molecule has 3 aliphatic rings. The Morgan fingerprint density at radius 2 is 1.91 bits per heavy atom. The van der Waals surface area contributed by atoms with Crippen LogP contribution in [0.1, 0.15) is 59.3 Å². The van der Waals surface area contributed by atoms with Gasteiger partial charge in [0.1, 0.15) is 0 Å². The molecule has 0 spiro atoms. The molecular formula is C19H32ClNO2. The third kappa shape index (κ3) is 3.42. The molecule has 0 radical (unpaired) electrons. The number of alkyl halides is 1. The fourth-order valence-electron chi connectivity index (χ4n) is 5.42. The molecular weight excluding hydrogens is 310 g/mol. The molecule has 0 amide bonds. The van der Waals surface area contributed by atoms with Crippen molar-refractivity contribution < 1.29 is 9.53 Å². The maximum atomic E-state index is 12.9. The van der Waals surface area contributed by atoms with Crippen LogP contribution in [0.15, 0.2) is 0 Å². The molecule has 1 saturated carbocycles. The molecule has 0 aromatic rings. The zero-order chi connectivity index (χ0) is 16.7. The van der Waals surface area contributed by atoms with E-state index in [1.165, 1.54) is 19.3 Å². The first-order chi connectivity index (χ1) is 10.9. The number of hydrogen-bond donors (Lipinski definition) is 0. The first-order valence-electron chi connectivity index (χ1n) is 9.45. The van der Waals surface area contributed by atoms with E-state index in [2.05, 4.69) is 18.9 Å². The van der Waals surface area contributed by atoms with Crippen molar-refractivity contribution in [3.8, 4) is 0 Å². The lowest BCUT2D eigenvalue weighted by Crippen LogP contribution is -2.52. The summed E-state index contributed by atoms with van der Waals surface area (Å²) in [6, 6.07) is 1.05. The normalized spacial score (nSPS) is 44.5. The van der Waals surface area contributed by atoms with Gasteiger partial charge in [0.25, 0.3) is 0 Å². The van der Waals surface area contributed by atoms with Gasteiger partial charge in [-0.2, -0.15) is 0 Å². The Morgan fingerprint density at radius 3 is 2.57 bits per heavy atom. The van der Waals surface area contributed by atoms with E-state index in [1.807, 2.05) is 13.8 Å². The number of ether oxygens (including phenoxy) is 1. The van der Waals surface area contributed by atoms with Crippen LogP contribution in [0.4, 0.5) is 0 Å². The van der Waals surface area contributed by atoms with Crippen LogP contribution in [0.3, 0.4) is 0 Å². The second kappa shape index (κ2) is 6.92. The highest BCUT2D eigenvalue weighted by molar-refractivity contribution is 6.20. The Bertz CT molecular complexity index is 441. The third-order valence-corrected chi connectivity index (χ3v) is 7.30. The lowest BCUT2D eigenvalue weighted by atomic mass is 9.66. The van der Waals surface area contributed by atoms with Crippen molar-refractivity contribution in [2.24, 2.45) is 23.7 Å². The average molecular weight is 342 g/mol. The number of rotatable bonds is 3.